The largest absolute Gasteiger partial charge is 0.395 e. The summed E-state index contributed by atoms with van der Waals surface area (Å²) in [6.07, 6.45) is 0.598. The molecule has 6 rings (SSSR count). The molecule has 1 saturated heterocycles. The van der Waals surface area contributed by atoms with Crippen LogP contribution in [-0.2, 0) is 26.5 Å². The molecule has 3 heterocycles. The van der Waals surface area contributed by atoms with E-state index in [0.717, 1.165) is 5.56 Å². The highest BCUT2D eigenvalue weighted by atomic mass is 28.4. The summed E-state index contributed by atoms with van der Waals surface area (Å²) < 4.78 is 24.0. The fourth-order valence-electron chi connectivity index (χ4n) is 6.98. The van der Waals surface area contributed by atoms with Gasteiger partial charge in [0.2, 0.25) is 14.3 Å². The summed E-state index contributed by atoms with van der Waals surface area (Å²) in [5.74, 6) is -1.32. The molecule has 228 valence electrons. The second-order valence-corrected chi connectivity index (χ2v) is 15.9. The zero-order valence-corrected chi connectivity index (χ0v) is 25.9. The summed E-state index contributed by atoms with van der Waals surface area (Å²) in [6.45, 7) is 5.13. The van der Waals surface area contributed by atoms with Crippen LogP contribution in [0, 0.1) is 5.92 Å². The van der Waals surface area contributed by atoms with E-state index in [2.05, 4.69) is 10.4 Å². The monoisotopic (exact) mass is 614 g/mol. The van der Waals surface area contributed by atoms with Crippen LogP contribution in [0.15, 0.2) is 83.8 Å². The number of aliphatic hydroxyl groups is 1. The minimum Gasteiger partial charge on any atom is -0.395 e. The molecule has 2 amide bonds. The van der Waals surface area contributed by atoms with Gasteiger partial charge in [-0.2, -0.15) is 9.78 Å². The standard InChI is InChI=1S/C33H35FN4O5Si/c1-21-30(44(2,3)34)28(18-29(40)37(15-16-39)20-22-9-5-4-6-10-22)43-33(21)26-17-24(13-14-27(26)36-32(33)42)38-31(41)25-12-8-7-11-23(25)19-35-38/h4-14,17,19,21,28,30,39H,15-16,18,20H2,1-3H3,(H,36,42)/t21-,28+,30-,33+/m0/s1. The molecule has 2 aliphatic rings. The zero-order valence-electron chi connectivity index (χ0n) is 24.9. The number of carbonyl (C=O) groups is 2. The number of carbonyl (C=O) groups excluding carboxylic acids is 2. The molecule has 0 radical (unpaired) electrons. The molecule has 9 nitrogen and oxygen atoms in total. The van der Waals surface area contributed by atoms with Crippen LogP contribution in [0.4, 0.5) is 9.80 Å². The first-order chi connectivity index (χ1) is 21.0. The Balaban J connectivity index is 1.37. The third-order valence-corrected chi connectivity index (χ3v) is 11.4. The van der Waals surface area contributed by atoms with Gasteiger partial charge < -0.3 is 24.2 Å². The Morgan fingerprint density at radius 2 is 1.84 bits per heavy atom. The van der Waals surface area contributed by atoms with Gasteiger partial charge in [0.25, 0.3) is 11.5 Å². The maximum Gasteiger partial charge on any atom is 0.279 e. The van der Waals surface area contributed by atoms with Crippen LogP contribution < -0.4 is 10.9 Å². The molecule has 44 heavy (non-hydrogen) atoms. The molecule has 3 aromatic carbocycles. The van der Waals surface area contributed by atoms with Crippen LogP contribution in [0.3, 0.4) is 0 Å². The third kappa shape index (κ3) is 5.04. The van der Waals surface area contributed by atoms with Crippen molar-refractivity contribution in [3.05, 3.63) is 100 Å². The fraction of sp³-hybridized carbons (Fsp3) is 0.333. The van der Waals surface area contributed by atoms with Gasteiger partial charge in [0, 0.05) is 41.2 Å². The van der Waals surface area contributed by atoms with Crippen molar-refractivity contribution < 1.29 is 23.5 Å². The van der Waals surface area contributed by atoms with Crippen molar-refractivity contribution in [3.63, 3.8) is 0 Å². The Morgan fingerprint density at radius 1 is 1.11 bits per heavy atom. The first kappa shape index (κ1) is 29.9. The fourth-order valence-corrected chi connectivity index (χ4v) is 9.47. The van der Waals surface area contributed by atoms with E-state index >= 15 is 4.11 Å². The first-order valence-corrected chi connectivity index (χ1v) is 17.7. The van der Waals surface area contributed by atoms with Crippen LogP contribution in [0.2, 0.25) is 18.6 Å². The number of rotatable bonds is 8. The number of hydrogen-bond acceptors (Lipinski definition) is 6. The number of nitrogens with one attached hydrogen (secondary N) is 1. The number of anilines is 1. The maximum absolute atomic E-state index is 16.1. The molecule has 0 saturated carbocycles. The number of nitrogens with zero attached hydrogens (tertiary/aromatic N) is 3. The van der Waals surface area contributed by atoms with Crippen molar-refractivity contribution in [2.45, 2.75) is 50.2 Å². The maximum atomic E-state index is 16.1. The van der Waals surface area contributed by atoms with Crippen molar-refractivity contribution in [3.8, 4) is 5.69 Å². The lowest BCUT2D eigenvalue weighted by Gasteiger charge is -2.31. The summed E-state index contributed by atoms with van der Waals surface area (Å²) in [6, 6.07) is 21.7. The number of halogens is 1. The van der Waals surface area contributed by atoms with Gasteiger partial charge in [-0.1, -0.05) is 55.5 Å². The Kier molecular flexibility index (Phi) is 7.72. The van der Waals surface area contributed by atoms with Gasteiger partial charge in [-0.3, -0.25) is 14.4 Å². The Bertz CT molecular complexity index is 1790. The van der Waals surface area contributed by atoms with Crippen molar-refractivity contribution in [1.82, 2.24) is 14.7 Å². The molecule has 2 aliphatic heterocycles. The molecule has 4 aromatic rings. The Hall–Kier alpha value is -4.19. The van der Waals surface area contributed by atoms with Crippen LogP contribution in [-0.4, -0.2) is 59.3 Å². The molecule has 0 bridgehead atoms. The molecule has 0 aliphatic carbocycles. The topological polar surface area (TPSA) is 114 Å². The molecule has 0 unspecified atom stereocenters. The van der Waals surface area contributed by atoms with E-state index < -0.39 is 37.5 Å². The second-order valence-electron chi connectivity index (χ2n) is 12.1. The number of amides is 2. The van der Waals surface area contributed by atoms with E-state index in [9.17, 15) is 19.5 Å². The summed E-state index contributed by atoms with van der Waals surface area (Å²) in [5, 5.41) is 18.2. The van der Waals surface area contributed by atoms with Gasteiger partial charge >= 0.3 is 0 Å². The van der Waals surface area contributed by atoms with Crippen molar-refractivity contribution >= 4 is 36.7 Å². The predicted octanol–water partition coefficient (Wildman–Crippen LogP) is 4.52. The van der Waals surface area contributed by atoms with E-state index in [1.54, 1.807) is 56.5 Å². The van der Waals surface area contributed by atoms with Crippen LogP contribution in [0.1, 0.15) is 24.5 Å². The van der Waals surface area contributed by atoms with Crippen molar-refractivity contribution in [1.29, 1.82) is 0 Å². The van der Waals surface area contributed by atoms with Gasteiger partial charge in [-0.25, -0.2) is 0 Å². The van der Waals surface area contributed by atoms with E-state index in [1.807, 2.05) is 42.5 Å². The quantitative estimate of drug-likeness (QED) is 0.223. The van der Waals surface area contributed by atoms with E-state index in [-0.39, 0.29) is 37.6 Å². The minimum absolute atomic E-state index is 0.114. The smallest absolute Gasteiger partial charge is 0.279 e. The summed E-state index contributed by atoms with van der Waals surface area (Å²) >= 11 is 0. The highest BCUT2D eigenvalue weighted by Gasteiger charge is 2.65. The Morgan fingerprint density at radius 3 is 2.57 bits per heavy atom. The van der Waals surface area contributed by atoms with E-state index in [0.29, 0.717) is 27.7 Å². The highest BCUT2D eigenvalue weighted by Crippen LogP contribution is 2.59. The summed E-state index contributed by atoms with van der Waals surface area (Å²) in [5.41, 5.74) is -0.206. The molecule has 1 aromatic heterocycles. The molecular formula is C33H35FN4O5Si. The van der Waals surface area contributed by atoms with Gasteiger partial charge in [0.1, 0.15) is 0 Å². The average molecular weight is 615 g/mol. The normalized spacial score (nSPS) is 22.8. The van der Waals surface area contributed by atoms with Crippen LogP contribution in [0.25, 0.3) is 16.5 Å². The Labute approximate surface area is 255 Å². The number of hydrogen-bond donors (Lipinski definition) is 2. The predicted molar refractivity (Wildman–Crippen MR) is 168 cm³/mol. The van der Waals surface area contributed by atoms with Crippen LogP contribution in [0.5, 0.6) is 0 Å². The lowest BCUT2D eigenvalue weighted by atomic mass is 9.82. The van der Waals surface area contributed by atoms with Crippen LogP contribution >= 0.6 is 0 Å². The number of aromatic nitrogens is 2. The molecule has 4 atom stereocenters. The number of ether oxygens (including phenoxy) is 1. The van der Waals surface area contributed by atoms with E-state index in [1.165, 1.54) is 9.58 Å². The molecule has 11 heteroatoms. The summed E-state index contributed by atoms with van der Waals surface area (Å²) in [4.78, 5) is 42.3. The third-order valence-electron chi connectivity index (χ3n) is 8.95. The van der Waals surface area contributed by atoms with Gasteiger partial charge in [-0.15, -0.1) is 0 Å². The lowest BCUT2D eigenvalue weighted by molar-refractivity contribution is -0.148. The SMILES string of the molecule is C[C@H]1[C@H]([Si](C)(C)F)[C@@H](CC(=O)N(CCO)Cc2ccccc2)O[C@]12C(=O)Nc1ccc(-n3ncc4ccccc4c3=O)cc12. The van der Waals surface area contributed by atoms with Crippen molar-refractivity contribution in [2.24, 2.45) is 5.92 Å². The highest BCUT2D eigenvalue weighted by molar-refractivity contribution is 6.72. The first-order valence-electron chi connectivity index (χ1n) is 14.8. The lowest BCUT2D eigenvalue weighted by Crippen LogP contribution is -2.42. The molecular weight excluding hydrogens is 579 g/mol. The average Bonchev–Trinajstić information content (AvgIpc) is 3.45. The second kappa shape index (κ2) is 11.4. The summed E-state index contributed by atoms with van der Waals surface area (Å²) in [7, 11) is -3.50. The molecule has 1 spiro atoms. The van der Waals surface area contributed by atoms with Gasteiger partial charge in [-0.05, 0) is 42.9 Å². The van der Waals surface area contributed by atoms with Crippen molar-refractivity contribution in [2.75, 3.05) is 18.5 Å². The minimum atomic E-state index is -3.50. The van der Waals surface area contributed by atoms with E-state index in [4.69, 9.17) is 4.74 Å². The van der Waals surface area contributed by atoms with Gasteiger partial charge in [0.05, 0.1) is 36.4 Å². The number of benzene rings is 3. The van der Waals surface area contributed by atoms with Gasteiger partial charge in [0.15, 0.2) is 5.60 Å². The zero-order chi connectivity index (χ0) is 31.2. The number of fused-ring (bicyclic) bond motifs is 3. The molecule has 1 fully saturated rings. The number of aliphatic hydroxyl groups excluding tert-OH is 1. The molecule has 2 N–H and O–H groups in total.